The fraction of sp³-hybridized carbons (Fsp3) is 0.500. The first kappa shape index (κ1) is 16.3. The van der Waals surface area contributed by atoms with E-state index in [9.17, 15) is 4.79 Å². The van der Waals surface area contributed by atoms with E-state index < -0.39 is 0 Å². The lowest BCUT2D eigenvalue weighted by Crippen LogP contribution is -2.42. The molecule has 4 rings (SSSR count). The van der Waals surface area contributed by atoms with Gasteiger partial charge in [-0.05, 0) is 45.7 Å². The second kappa shape index (κ2) is 7.00. The van der Waals surface area contributed by atoms with Crippen molar-refractivity contribution in [1.82, 2.24) is 15.0 Å². The van der Waals surface area contributed by atoms with Crippen molar-refractivity contribution in [1.29, 1.82) is 0 Å². The van der Waals surface area contributed by atoms with E-state index in [4.69, 9.17) is 4.52 Å². The quantitative estimate of drug-likeness (QED) is 0.857. The number of hydrogen-bond acceptors (Lipinski definition) is 4. The summed E-state index contributed by atoms with van der Waals surface area (Å²) in [5.74, 6) is 0.635. The number of benzene rings is 1. The van der Waals surface area contributed by atoms with Gasteiger partial charge in [0.15, 0.2) is 5.76 Å². The Morgan fingerprint density at radius 1 is 1.16 bits per heavy atom. The first-order valence-corrected chi connectivity index (χ1v) is 9.27. The van der Waals surface area contributed by atoms with E-state index >= 15 is 0 Å². The van der Waals surface area contributed by atoms with E-state index in [1.54, 1.807) is 6.20 Å². The molecule has 5 nitrogen and oxygen atoms in total. The van der Waals surface area contributed by atoms with E-state index in [2.05, 4.69) is 10.1 Å². The Bertz CT molecular complexity index is 732. The molecule has 1 aromatic carbocycles. The smallest absolute Gasteiger partial charge is 0.259 e. The number of carbonyl (C=O) groups excluding carboxylic acids is 1. The van der Waals surface area contributed by atoms with Crippen LogP contribution in [0.3, 0.4) is 0 Å². The Morgan fingerprint density at radius 2 is 1.92 bits per heavy atom. The molecule has 3 heterocycles. The van der Waals surface area contributed by atoms with Crippen LogP contribution in [0.5, 0.6) is 0 Å². The van der Waals surface area contributed by atoms with Gasteiger partial charge in [0.1, 0.15) is 5.56 Å². The summed E-state index contributed by atoms with van der Waals surface area (Å²) >= 11 is 0. The van der Waals surface area contributed by atoms with Gasteiger partial charge in [0, 0.05) is 24.7 Å². The van der Waals surface area contributed by atoms with Crippen molar-refractivity contribution in [2.75, 3.05) is 26.2 Å². The number of aromatic nitrogens is 1. The molecular formula is C20H25N3O2. The molecule has 0 N–H and O–H groups in total. The molecule has 2 aliphatic rings. The van der Waals surface area contributed by atoms with E-state index in [0.717, 1.165) is 31.5 Å². The Kier molecular flexibility index (Phi) is 4.57. The zero-order valence-corrected chi connectivity index (χ0v) is 14.8. The molecule has 1 atom stereocenters. The highest BCUT2D eigenvalue weighted by atomic mass is 16.5. The van der Waals surface area contributed by atoms with Crippen molar-refractivity contribution in [2.24, 2.45) is 0 Å². The lowest BCUT2D eigenvalue weighted by molar-refractivity contribution is 0.0709. The molecular weight excluding hydrogens is 314 g/mol. The van der Waals surface area contributed by atoms with Crippen molar-refractivity contribution in [3.8, 4) is 11.3 Å². The lowest BCUT2D eigenvalue weighted by atomic mass is 10.1. The van der Waals surface area contributed by atoms with Gasteiger partial charge < -0.3 is 14.3 Å². The second-order valence-corrected chi connectivity index (χ2v) is 7.24. The third kappa shape index (κ3) is 3.33. The number of carbonyl (C=O) groups is 1. The van der Waals surface area contributed by atoms with Gasteiger partial charge >= 0.3 is 0 Å². The average Bonchev–Trinajstić information content (AvgIpc) is 3.37. The van der Waals surface area contributed by atoms with E-state index in [1.165, 1.54) is 31.5 Å². The first-order valence-electron chi connectivity index (χ1n) is 9.27. The maximum Gasteiger partial charge on any atom is 0.259 e. The van der Waals surface area contributed by atoms with Gasteiger partial charge in [0.05, 0.1) is 6.20 Å². The predicted molar refractivity (Wildman–Crippen MR) is 96.4 cm³/mol. The van der Waals surface area contributed by atoms with E-state index in [-0.39, 0.29) is 5.91 Å². The molecule has 2 aliphatic heterocycles. The fourth-order valence-corrected chi connectivity index (χ4v) is 4.02. The summed E-state index contributed by atoms with van der Waals surface area (Å²) in [7, 11) is 0. The van der Waals surface area contributed by atoms with Gasteiger partial charge in [-0.3, -0.25) is 4.79 Å². The van der Waals surface area contributed by atoms with Crippen LogP contribution in [0.1, 0.15) is 41.6 Å². The molecule has 0 spiro atoms. The summed E-state index contributed by atoms with van der Waals surface area (Å²) in [5, 5.41) is 3.91. The molecule has 0 saturated carbocycles. The largest absolute Gasteiger partial charge is 0.355 e. The molecule has 25 heavy (non-hydrogen) atoms. The summed E-state index contributed by atoms with van der Waals surface area (Å²) in [5.41, 5.74) is 2.67. The number of likely N-dealkylation sites (tertiary alicyclic amines) is 2. The SMILES string of the molecule is Cc1ccc(-c2oncc2C(=O)N2CCC[C@H]2CN2CCCC2)cc1. The molecule has 5 heteroatoms. The summed E-state index contributed by atoms with van der Waals surface area (Å²) in [4.78, 5) is 17.7. The molecule has 2 fully saturated rings. The summed E-state index contributed by atoms with van der Waals surface area (Å²) in [6.45, 7) is 6.21. The third-order valence-corrected chi connectivity index (χ3v) is 5.42. The number of aryl methyl sites for hydroxylation is 1. The first-order chi connectivity index (χ1) is 12.2. The van der Waals surface area contributed by atoms with E-state index in [0.29, 0.717) is 17.4 Å². The van der Waals surface area contributed by atoms with Crippen LogP contribution in [-0.4, -0.2) is 53.1 Å². The number of hydrogen-bond donors (Lipinski definition) is 0. The van der Waals surface area contributed by atoms with Gasteiger partial charge in [0.2, 0.25) is 0 Å². The Balaban J connectivity index is 1.54. The van der Waals surface area contributed by atoms with Crippen LogP contribution < -0.4 is 0 Å². The highest BCUT2D eigenvalue weighted by Crippen LogP contribution is 2.28. The minimum Gasteiger partial charge on any atom is -0.355 e. The zero-order chi connectivity index (χ0) is 17.2. The molecule has 0 unspecified atom stereocenters. The Hall–Kier alpha value is -2.14. The van der Waals surface area contributed by atoms with E-state index in [1.807, 2.05) is 36.1 Å². The summed E-state index contributed by atoms with van der Waals surface area (Å²) in [6.07, 6.45) is 6.30. The molecule has 1 amide bonds. The van der Waals surface area contributed by atoms with Gasteiger partial charge in [-0.25, -0.2) is 0 Å². The molecule has 2 saturated heterocycles. The van der Waals surface area contributed by atoms with Crippen LogP contribution in [0.4, 0.5) is 0 Å². The number of rotatable bonds is 4. The van der Waals surface area contributed by atoms with Gasteiger partial charge in [-0.1, -0.05) is 35.0 Å². The third-order valence-electron chi connectivity index (χ3n) is 5.42. The minimum atomic E-state index is 0.0542. The molecule has 0 aliphatic carbocycles. The van der Waals surface area contributed by atoms with Crippen molar-refractivity contribution in [3.63, 3.8) is 0 Å². The van der Waals surface area contributed by atoms with Crippen LogP contribution in [0, 0.1) is 6.92 Å². The van der Waals surface area contributed by atoms with Crippen LogP contribution in [-0.2, 0) is 0 Å². The highest BCUT2D eigenvalue weighted by Gasteiger charge is 2.33. The van der Waals surface area contributed by atoms with Crippen molar-refractivity contribution in [3.05, 3.63) is 41.6 Å². The van der Waals surface area contributed by atoms with Crippen molar-refractivity contribution >= 4 is 5.91 Å². The number of nitrogens with zero attached hydrogens (tertiary/aromatic N) is 3. The topological polar surface area (TPSA) is 49.6 Å². The molecule has 0 radical (unpaired) electrons. The molecule has 1 aromatic heterocycles. The maximum atomic E-state index is 13.2. The summed E-state index contributed by atoms with van der Waals surface area (Å²) in [6, 6.07) is 8.33. The zero-order valence-electron chi connectivity index (χ0n) is 14.8. The summed E-state index contributed by atoms with van der Waals surface area (Å²) < 4.78 is 5.43. The predicted octanol–water partition coefficient (Wildman–Crippen LogP) is 3.35. The molecule has 2 aromatic rings. The lowest BCUT2D eigenvalue weighted by Gasteiger charge is -2.28. The van der Waals surface area contributed by atoms with Gasteiger partial charge in [-0.2, -0.15) is 0 Å². The van der Waals surface area contributed by atoms with Crippen LogP contribution >= 0.6 is 0 Å². The standard InChI is InChI=1S/C20H25N3O2/c1-15-6-8-16(9-7-15)19-18(13-21-25-19)20(24)23-12-4-5-17(23)14-22-10-2-3-11-22/h6-9,13,17H,2-5,10-12,14H2,1H3/t17-/m0/s1. The highest BCUT2D eigenvalue weighted by molar-refractivity contribution is 5.99. The fourth-order valence-electron chi connectivity index (χ4n) is 4.02. The van der Waals surface area contributed by atoms with Crippen molar-refractivity contribution < 1.29 is 9.32 Å². The van der Waals surface area contributed by atoms with Gasteiger partial charge in [-0.15, -0.1) is 0 Å². The monoisotopic (exact) mass is 339 g/mol. The Labute approximate surface area is 148 Å². The van der Waals surface area contributed by atoms with Crippen LogP contribution in [0.2, 0.25) is 0 Å². The van der Waals surface area contributed by atoms with Crippen molar-refractivity contribution in [2.45, 2.75) is 38.6 Å². The molecule has 132 valence electrons. The minimum absolute atomic E-state index is 0.0542. The normalized spacial score (nSPS) is 21.2. The second-order valence-electron chi connectivity index (χ2n) is 7.24. The van der Waals surface area contributed by atoms with Gasteiger partial charge in [0.25, 0.3) is 5.91 Å². The number of amides is 1. The van der Waals surface area contributed by atoms with Crippen LogP contribution in [0.25, 0.3) is 11.3 Å². The van der Waals surface area contributed by atoms with Crippen LogP contribution in [0.15, 0.2) is 35.0 Å². The Morgan fingerprint density at radius 3 is 2.68 bits per heavy atom. The maximum absolute atomic E-state index is 13.2. The average molecular weight is 339 g/mol. The molecule has 0 bridgehead atoms.